The van der Waals surface area contributed by atoms with Gasteiger partial charge < -0.3 is 4.74 Å². The van der Waals surface area contributed by atoms with Crippen LogP contribution in [0.2, 0.25) is 0 Å². The number of ether oxygens (including phenoxy) is 1. The molecule has 6 nitrogen and oxygen atoms in total. The molecule has 0 fully saturated rings. The lowest BCUT2D eigenvalue weighted by molar-refractivity contribution is 0.159. The molecule has 0 bridgehead atoms. The Morgan fingerprint density at radius 1 is 1.35 bits per heavy atom. The van der Waals surface area contributed by atoms with E-state index in [4.69, 9.17) is 0 Å². The zero-order chi connectivity index (χ0) is 12.9. The van der Waals surface area contributed by atoms with E-state index in [9.17, 15) is 13.2 Å². The first-order valence-corrected chi connectivity index (χ1v) is 6.93. The molecule has 1 rings (SSSR count). The van der Waals surface area contributed by atoms with E-state index in [1.807, 2.05) is 0 Å². The molecule has 0 aliphatic carbocycles. The van der Waals surface area contributed by atoms with Crippen LogP contribution >= 0.6 is 15.9 Å². The van der Waals surface area contributed by atoms with Crippen molar-refractivity contribution in [1.29, 1.82) is 0 Å². The molecule has 8 heteroatoms. The largest absolute Gasteiger partial charge is 0.449 e. The molecule has 1 amide bonds. The molecule has 0 unspecified atom stereocenters. The highest BCUT2D eigenvalue weighted by atomic mass is 79.9. The summed E-state index contributed by atoms with van der Waals surface area (Å²) in [7, 11) is -3.96. The second-order valence-electron chi connectivity index (χ2n) is 2.93. The van der Waals surface area contributed by atoms with Gasteiger partial charge in [-0.05, 0) is 31.2 Å². The monoisotopic (exact) mass is 322 g/mol. The summed E-state index contributed by atoms with van der Waals surface area (Å²) >= 11 is 3.22. The molecule has 0 aromatic heterocycles. The predicted molar refractivity (Wildman–Crippen MR) is 66.8 cm³/mol. The van der Waals surface area contributed by atoms with Crippen LogP contribution in [0.3, 0.4) is 0 Å². The van der Waals surface area contributed by atoms with E-state index in [0.29, 0.717) is 5.69 Å². The highest BCUT2D eigenvalue weighted by molar-refractivity contribution is 9.10. The van der Waals surface area contributed by atoms with E-state index in [-0.39, 0.29) is 6.61 Å². The Balaban J connectivity index is 2.66. The van der Waals surface area contributed by atoms with Crippen LogP contribution in [0.5, 0.6) is 0 Å². The van der Waals surface area contributed by atoms with Crippen molar-refractivity contribution in [2.24, 2.45) is 0 Å². The number of carbonyl (C=O) groups excluding carboxylic acids is 1. The Hall–Kier alpha value is -1.28. The number of nitrogens with one attached hydrogen (secondary N) is 2. The van der Waals surface area contributed by atoms with Gasteiger partial charge in [-0.2, -0.15) is 8.42 Å². The maximum absolute atomic E-state index is 11.4. The molecule has 0 aliphatic heterocycles. The topological polar surface area (TPSA) is 84.5 Å². The Bertz CT molecular complexity index is 486. The standard InChI is InChI=1S/C9H11BrN2O4S/c1-2-16-9(13)12-17(14,15)11-8-5-3-7(10)4-6-8/h3-6,11H,2H2,1H3,(H,12,13). The molecule has 94 valence electrons. The number of rotatable bonds is 4. The number of benzene rings is 1. The van der Waals surface area contributed by atoms with Gasteiger partial charge in [0, 0.05) is 4.47 Å². The first-order valence-electron chi connectivity index (χ1n) is 4.66. The number of anilines is 1. The molecule has 0 saturated heterocycles. The van der Waals surface area contributed by atoms with Crippen LogP contribution in [-0.4, -0.2) is 21.1 Å². The minimum Gasteiger partial charge on any atom is -0.449 e. The van der Waals surface area contributed by atoms with Crippen LogP contribution in [-0.2, 0) is 14.9 Å². The third-order valence-electron chi connectivity index (χ3n) is 1.59. The van der Waals surface area contributed by atoms with Crippen molar-refractivity contribution in [3.63, 3.8) is 0 Å². The molecular formula is C9H11BrN2O4S. The molecule has 0 saturated carbocycles. The van der Waals surface area contributed by atoms with Gasteiger partial charge in [-0.25, -0.2) is 9.52 Å². The summed E-state index contributed by atoms with van der Waals surface area (Å²) in [6, 6.07) is 6.44. The van der Waals surface area contributed by atoms with E-state index in [1.165, 1.54) is 0 Å². The van der Waals surface area contributed by atoms with E-state index >= 15 is 0 Å². The van der Waals surface area contributed by atoms with Crippen molar-refractivity contribution in [2.75, 3.05) is 11.3 Å². The molecule has 1 aromatic carbocycles. The first kappa shape index (κ1) is 13.8. The number of amides is 1. The van der Waals surface area contributed by atoms with Crippen LogP contribution in [0.4, 0.5) is 10.5 Å². The average molecular weight is 323 g/mol. The lowest BCUT2D eigenvalue weighted by atomic mass is 10.3. The number of hydrogen-bond acceptors (Lipinski definition) is 4. The maximum atomic E-state index is 11.4. The fraction of sp³-hybridized carbons (Fsp3) is 0.222. The van der Waals surface area contributed by atoms with E-state index < -0.39 is 16.3 Å². The fourth-order valence-electron chi connectivity index (χ4n) is 0.969. The molecule has 0 spiro atoms. The van der Waals surface area contributed by atoms with Crippen molar-refractivity contribution in [2.45, 2.75) is 6.92 Å². The number of halogens is 1. The van der Waals surface area contributed by atoms with Crippen molar-refractivity contribution in [3.05, 3.63) is 28.7 Å². The molecule has 0 aliphatic rings. The maximum Gasteiger partial charge on any atom is 0.422 e. The van der Waals surface area contributed by atoms with Crippen molar-refractivity contribution in [1.82, 2.24) is 4.72 Å². The third kappa shape index (κ3) is 5.05. The number of carbonyl (C=O) groups is 1. The van der Waals surface area contributed by atoms with Crippen molar-refractivity contribution < 1.29 is 17.9 Å². The molecule has 0 radical (unpaired) electrons. The van der Waals surface area contributed by atoms with E-state index in [1.54, 1.807) is 35.9 Å². The predicted octanol–water partition coefficient (Wildman–Crippen LogP) is 1.85. The van der Waals surface area contributed by atoms with Crippen LogP contribution in [0.25, 0.3) is 0 Å². The summed E-state index contributed by atoms with van der Waals surface area (Å²) < 4.78 is 32.0. The third-order valence-corrected chi connectivity index (χ3v) is 3.06. The van der Waals surface area contributed by atoms with Gasteiger partial charge in [0.1, 0.15) is 0 Å². The average Bonchev–Trinajstić information content (AvgIpc) is 2.20. The number of hydrogen-bond donors (Lipinski definition) is 2. The summed E-state index contributed by atoms with van der Waals surface area (Å²) in [5.74, 6) is 0. The summed E-state index contributed by atoms with van der Waals surface area (Å²) in [5.41, 5.74) is 0.338. The lowest BCUT2D eigenvalue weighted by Gasteiger charge is -2.08. The van der Waals surface area contributed by atoms with E-state index in [0.717, 1.165) is 4.47 Å². The summed E-state index contributed by atoms with van der Waals surface area (Å²) in [4.78, 5) is 10.9. The molecule has 1 aromatic rings. The smallest absolute Gasteiger partial charge is 0.422 e. The van der Waals surface area contributed by atoms with Crippen LogP contribution in [0, 0.1) is 0 Å². The Labute approximate surface area is 108 Å². The minimum atomic E-state index is -3.96. The van der Waals surface area contributed by atoms with Crippen molar-refractivity contribution in [3.8, 4) is 0 Å². The lowest BCUT2D eigenvalue weighted by Crippen LogP contribution is -2.35. The van der Waals surface area contributed by atoms with Gasteiger partial charge in [0.15, 0.2) is 0 Å². The van der Waals surface area contributed by atoms with Gasteiger partial charge in [-0.3, -0.25) is 4.72 Å². The summed E-state index contributed by atoms with van der Waals surface area (Å²) in [6.45, 7) is 1.67. The Kier molecular flexibility index (Phi) is 4.76. The Morgan fingerprint density at radius 3 is 2.47 bits per heavy atom. The molecule has 0 heterocycles. The van der Waals surface area contributed by atoms with Gasteiger partial charge in [0.05, 0.1) is 12.3 Å². The van der Waals surface area contributed by atoms with Crippen LogP contribution in [0.1, 0.15) is 6.92 Å². The zero-order valence-electron chi connectivity index (χ0n) is 8.94. The second-order valence-corrected chi connectivity index (χ2v) is 5.27. The van der Waals surface area contributed by atoms with Gasteiger partial charge in [0.2, 0.25) is 0 Å². The fourth-order valence-corrected chi connectivity index (χ4v) is 2.01. The zero-order valence-corrected chi connectivity index (χ0v) is 11.3. The normalized spacial score (nSPS) is 10.7. The van der Waals surface area contributed by atoms with E-state index in [2.05, 4.69) is 25.4 Å². The van der Waals surface area contributed by atoms with Gasteiger partial charge in [-0.1, -0.05) is 15.9 Å². The molecule has 2 N–H and O–H groups in total. The van der Waals surface area contributed by atoms with Gasteiger partial charge >= 0.3 is 16.3 Å². The summed E-state index contributed by atoms with van der Waals surface area (Å²) in [6.07, 6.45) is -1.02. The molecular weight excluding hydrogens is 312 g/mol. The highest BCUT2D eigenvalue weighted by Crippen LogP contribution is 2.14. The SMILES string of the molecule is CCOC(=O)NS(=O)(=O)Nc1ccc(Br)cc1. The molecule has 17 heavy (non-hydrogen) atoms. The van der Waals surface area contributed by atoms with Crippen LogP contribution < -0.4 is 9.44 Å². The van der Waals surface area contributed by atoms with Crippen molar-refractivity contribution >= 4 is 37.9 Å². The quantitative estimate of drug-likeness (QED) is 0.886. The molecule has 0 atom stereocenters. The minimum absolute atomic E-state index is 0.0969. The van der Waals surface area contributed by atoms with Gasteiger partial charge in [0.25, 0.3) is 0 Å². The second kappa shape index (κ2) is 5.87. The first-order chi connectivity index (χ1) is 7.93. The highest BCUT2D eigenvalue weighted by Gasteiger charge is 2.14. The Morgan fingerprint density at radius 2 is 1.94 bits per heavy atom. The van der Waals surface area contributed by atoms with Gasteiger partial charge in [-0.15, -0.1) is 0 Å². The van der Waals surface area contributed by atoms with Crippen LogP contribution in [0.15, 0.2) is 28.7 Å². The summed E-state index contributed by atoms with van der Waals surface area (Å²) in [5, 5.41) is 0.